The van der Waals surface area contributed by atoms with Gasteiger partial charge in [-0.3, -0.25) is 9.59 Å². The molecule has 0 heterocycles. The van der Waals surface area contributed by atoms with Crippen molar-refractivity contribution >= 4 is 11.8 Å². The second-order valence-electron chi connectivity index (χ2n) is 11.3. The third-order valence-corrected chi connectivity index (χ3v) is 10.1. The lowest BCUT2D eigenvalue weighted by molar-refractivity contribution is -0.182. The number of carboxylic acids is 1. The van der Waals surface area contributed by atoms with Crippen LogP contribution in [0.5, 0.6) is 0 Å². The molecule has 4 rings (SSSR count). The van der Waals surface area contributed by atoms with Crippen molar-refractivity contribution in [3.05, 3.63) is 0 Å². The normalized spacial score (nSPS) is 50.4. The summed E-state index contributed by atoms with van der Waals surface area (Å²) in [6.07, 6.45) is 5.74. The Balaban J connectivity index is 1.62. The first-order chi connectivity index (χ1) is 13.6. The van der Waals surface area contributed by atoms with Crippen molar-refractivity contribution in [2.75, 3.05) is 0 Å². The number of ketones is 1. The summed E-state index contributed by atoms with van der Waals surface area (Å²) in [6, 6.07) is 0. The highest BCUT2D eigenvalue weighted by Crippen LogP contribution is 2.67. The van der Waals surface area contributed by atoms with Gasteiger partial charge in [0.05, 0.1) is 12.2 Å². The minimum atomic E-state index is -0.762. The van der Waals surface area contributed by atoms with E-state index in [0.29, 0.717) is 25.0 Å². The number of hydrogen-bond acceptors (Lipinski definition) is 4. The van der Waals surface area contributed by atoms with E-state index in [9.17, 15) is 19.8 Å². The molecular formula is C24H38O5. The number of carbonyl (C=O) groups is 2. The Labute approximate surface area is 174 Å². The van der Waals surface area contributed by atoms with Crippen molar-refractivity contribution in [3.63, 3.8) is 0 Å². The van der Waals surface area contributed by atoms with Gasteiger partial charge in [0.2, 0.25) is 0 Å². The minimum Gasteiger partial charge on any atom is -0.481 e. The van der Waals surface area contributed by atoms with E-state index in [1.54, 1.807) is 0 Å². The Morgan fingerprint density at radius 2 is 1.86 bits per heavy atom. The summed E-state index contributed by atoms with van der Waals surface area (Å²) in [7, 11) is 0. The van der Waals surface area contributed by atoms with Crippen molar-refractivity contribution in [2.45, 2.75) is 90.8 Å². The summed E-state index contributed by atoms with van der Waals surface area (Å²) in [4.78, 5) is 24.4. The molecule has 164 valence electrons. The van der Waals surface area contributed by atoms with Crippen LogP contribution in [0.1, 0.15) is 78.6 Å². The highest BCUT2D eigenvalue weighted by Gasteiger charge is 2.65. The lowest BCUT2D eigenvalue weighted by Gasteiger charge is -2.61. The SMILES string of the molecule is C[C@H](CCC(=O)O)[C@H]1CC[C@H]2C3C(=O)CC4C[C@H](O)CCC4(C)[C@H]3C[C@H](O)C12C. The van der Waals surface area contributed by atoms with E-state index in [1.807, 2.05) is 0 Å². The number of fused-ring (bicyclic) bond motifs is 5. The Bertz CT molecular complexity index is 676. The number of aliphatic hydroxyl groups excluding tert-OH is 2. The monoisotopic (exact) mass is 406 g/mol. The topological polar surface area (TPSA) is 94.8 Å². The molecule has 0 saturated heterocycles. The minimum absolute atomic E-state index is 0.0246. The van der Waals surface area contributed by atoms with Gasteiger partial charge >= 0.3 is 5.97 Å². The zero-order valence-electron chi connectivity index (χ0n) is 18.1. The lowest BCUT2D eigenvalue weighted by atomic mass is 9.43. The summed E-state index contributed by atoms with van der Waals surface area (Å²) in [6.45, 7) is 6.62. The zero-order valence-corrected chi connectivity index (χ0v) is 18.1. The van der Waals surface area contributed by atoms with Gasteiger partial charge < -0.3 is 15.3 Å². The Kier molecular flexibility index (Phi) is 5.39. The predicted molar refractivity (Wildman–Crippen MR) is 109 cm³/mol. The predicted octanol–water partition coefficient (Wildman–Crippen LogP) is 3.66. The maximum absolute atomic E-state index is 13.4. The van der Waals surface area contributed by atoms with Gasteiger partial charge in [-0.25, -0.2) is 0 Å². The van der Waals surface area contributed by atoms with E-state index < -0.39 is 12.1 Å². The van der Waals surface area contributed by atoms with Crippen LogP contribution in [0.2, 0.25) is 0 Å². The number of carbonyl (C=O) groups excluding carboxylic acids is 1. The number of hydrogen-bond donors (Lipinski definition) is 3. The molecule has 10 atom stereocenters. The molecule has 3 N–H and O–H groups in total. The molecule has 0 aliphatic heterocycles. The van der Waals surface area contributed by atoms with Crippen molar-refractivity contribution in [2.24, 2.45) is 46.3 Å². The van der Waals surface area contributed by atoms with Gasteiger partial charge in [-0.1, -0.05) is 20.8 Å². The second kappa shape index (κ2) is 7.33. The van der Waals surface area contributed by atoms with Crippen LogP contribution in [0.15, 0.2) is 0 Å². The van der Waals surface area contributed by atoms with Crippen molar-refractivity contribution in [3.8, 4) is 0 Å². The van der Waals surface area contributed by atoms with Gasteiger partial charge in [-0.2, -0.15) is 0 Å². The van der Waals surface area contributed by atoms with E-state index >= 15 is 0 Å². The third kappa shape index (κ3) is 3.18. The van der Waals surface area contributed by atoms with E-state index in [1.165, 1.54) is 0 Å². The molecule has 4 unspecified atom stereocenters. The van der Waals surface area contributed by atoms with Crippen LogP contribution in [0.25, 0.3) is 0 Å². The Morgan fingerprint density at radius 3 is 2.55 bits per heavy atom. The maximum atomic E-state index is 13.4. The molecule has 5 nitrogen and oxygen atoms in total. The number of aliphatic carboxylic acids is 1. The molecule has 0 aromatic carbocycles. The smallest absolute Gasteiger partial charge is 0.303 e. The first-order valence-electron chi connectivity index (χ1n) is 11.7. The average Bonchev–Trinajstić information content (AvgIpc) is 3.01. The summed E-state index contributed by atoms with van der Waals surface area (Å²) in [5.41, 5.74) is -0.265. The first kappa shape index (κ1) is 21.3. The second-order valence-corrected chi connectivity index (χ2v) is 11.3. The van der Waals surface area contributed by atoms with Gasteiger partial charge in [0.1, 0.15) is 5.78 Å². The van der Waals surface area contributed by atoms with Gasteiger partial charge in [-0.15, -0.1) is 0 Å². The fourth-order valence-corrected chi connectivity index (χ4v) is 8.40. The van der Waals surface area contributed by atoms with Crippen LogP contribution < -0.4 is 0 Å². The largest absolute Gasteiger partial charge is 0.481 e. The molecule has 0 radical (unpaired) electrons. The number of Topliss-reactive ketones (excluding diaryl/α,β-unsaturated/α-hetero) is 1. The molecule has 29 heavy (non-hydrogen) atoms. The molecular weight excluding hydrogens is 368 g/mol. The fourth-order valence-electron chi connectivity index (χ4n) is 8.40. The summed E-state index contributed by atoms with van der Waals surface area (Å²) in [5, 5.41) is 30.7. The highest BCUT2D eigenvalue weighted by atomic mass is 16.4. The van der Waals surface area contributed by atoms with Crippen molar-refractivity contribution in [1.82, 2.24) is 0 Å². The number of aliphatic hydroxyl groups is 2. The lowest BCUT2D eigenvalue weighted by Crippen LogP contribution is -2.61. The quantitative estimate of drug-likeness (QED) is 0.662. The Morgan fingerprint density at radius 1 is 1.14 bits per heavy atom. The van der Waals surface area contributed by atoms with Crippen LogP contribution >= 0.6 is 0 Å². The van der Waals surface area contributed by atoms with Gasteiger partial charge in [0, 0.05) is 24.2 Å². The standard InChI is InChI=1S/C24H38O5/c1-13(4-7-21(28)29)16-5-6-17-22-18(12-20(27)24(16,17)3)23(2)9-8-15(25)10-14(23)11-19(22)26/h13-18,20,22,25,27H,4-12H2,1-3H3,(H,28,29)/t13-,14?,15-,16-,17+,18+,20+,22?,23?,24?/m1/s1. The summed E-state index contributed by atoms with van der Waals surface area (Å²) < 4.78 is 0. The van der Waals surface area contributed by atoms with Gasteiger partial charge in [-0.05, 0) is 80.0 Å². The van der Waals surface area contributed by atoms with Crippen LogP contribution in [0, 0.1) is 46.3 Å². The summed E-state index contributed by atoms with van der Waals surface area (Å²) >= 11 is 0. The molecule has 0 spiro atoms. The average molecular weight is 407 g/mol. The van der Waals surface area contributed by atoms with E-state index in [-0.39, 0.29) is 58.9 Å². The van der Waals surface area contributed by atoms with E-state index in [4.69, 9.17) is 5.11 Å². The van der Waals surface area contributed by atoms with Gasteiger partial charge in [0.25, 0.3) is 0 Å². The first-order valence-corrected chi connectivity index (χ1v) is 11.7. The zero-order chi connectivity index (χ0) is 21.1. The molecule has 0 amide bonds. The molecule has 0 aromatic heterocycles. The molecule has 4 aliphatic rings. The van der Waals surface area contributed by atoms with Crippen LogP contribution in [-0.2, 0) is 9.59 Å². The number of rotatable bonds is 4. The molecule has 4 saturated carbocycles. The summed E-state index contributed by atoms with van der Waals surface area (Å²) in [5.74, 6) is 0.775. The van der Waals surface area contributed by atoms with Crippen LogP contribution in [-0.4, -0.2) is 39.3 Å². The molecule has 4 aliphatic carbocycles. The van der Waals surface area contributed by atoms with Crippen molar-refractivity contribution in [1.29, 1.82) is 0 Å². The van der Waals surface area contributed by atoms with Crippen LogP contribution in [0.4, 0.5) is 0 Å². The molecule has 4 fully saturated rings. The Hall–Kier alpha value is -0.940. The molecule has 0 aromatic rings. The van der Waals surface area contributed by atoms with E-state index in [2.05, 4.69) is 20.8 Å². The van der Waals surface area contributed by atoms with E-state index in [0.717, 1.165) is 32.1 Å². The molecule has 0 bridgehead atoms. The molecule has 5 heteroatoms. The van der Waals surface area contributed by atoms with Crippen molar-refractivity contribution < 1.29 is 24.9 Å². The third-order valence-electron chi connectivity index (χ3n) is 10.1. The fraction of sp³-hybridized carbons (Fsp3) is 0.917. The van der Waals surface area contributed by atoms with Gasteiger partial charge in [0.15, 0.2) is 0 Å². The van der Waals surface area contributed by atoms with Crippen LogP contribution in [0.3, 0.4) is 0 Å². The highest BCUT2D eigenvalue weighted by molar-refractivity contribution is 5.83. The maximum Gasteiger partial charge on any atom is 0.303 e. The number of carboxylic acid groups (broad SMARTS) is 1.